The molecule has 9 nitrogen and oxygen atoms in total. The summed E-state index contributed by atoms with van der Waals surface area (Å²) in [5, 5.41) is 10.5. The molecule has 1 saturated heterocycles. The molecule has 2 heterocycles. The lowest BCUT2D eigenvalue weighted by Crippen LogP contribution is -2.61. The summed E-state index contributed by atoms with van der Waals surface area (Å²) in [4.78, 5) is 16.3. The van der Waals surface area contributed by atoms with Gasteiger partial charge in [0.15, 0.2) is 0 Å². The minimum absolute atomic E-state index is 0.168. The Morgan fingerprint density at radius 2 is 1.97 bits per heavy atom. The van der Waals surface area contributed by atoms with Gasteiger partial charge in [0.1, 0.15) is 17.7 Å². The second-order valence-corrected chi connectivity index (χ2v) is 9.43. The van der Waals surface area contributed by atoms with E-state index in [1.165, 1.54) is 22.6 Å². The molecular weight excluding hydrogens is 425 g/mol. The molecule has 0 spiro atoms. The molecule has 1 unspecified atom stereocenters. The number of amides is 2. The number of aromatic nitrogens is 1. The summed E-state index contributed by atoms with van der Waals surface area (Å²) < 4.78 is 45.2. The molecule has 1 aromatic carbocycles. The highest BCUT2D eigenvalue weighted by Gasteiger charge is 2.45. The molecule has 0 radical (unpaired) electrons. The first kappa shape index (κ1) is 22.9. The summed E-state index contributed by atoms with van der Waals surface area (Å²) in [6, 6.07) is 6.69. The number of piperidine rings is 1. The number of halogens is 1. The summed E-state index contributed by atoms with van der Waals surface area (Å²) >= 11 is 0. The number of aryl methyl sites for hydroxylation is 1. The first-order chi connectivity index (χ1) is 14.4. The highest BCUT2D eigenvalue weighted by molar-refractivity contribution is 7.86. The minimum Gasteiger partial charge on any atom is -0.488 e. The number of carbonyl (C=O) groups is 1. The van der Waals surface area contributed by atoms with Crippen LogP contribution in [0, 0.1) is 12.7 Å². The molecule has 0 aliphatic carbocycles. The maximum absolute atomic E-state index is 14.2. The zero-order valence-electron chi connectivity index (χ0n) is 17.6. The zero-order chi connectivity index (χ0) is 22.8. The van der Waals surface area contributed by atoms with Crippen LogP contribution in [0.3, 0.4) is 0 Å². The average molecular weight is 452 g/mol. The van der Waals surface area contributed by atoms with E-state index in [1.54, 1.807) is 26.0 Å². The molecule has 0 saturated carbocycles. The van der Waals surface area contributed by atoms with E-state index in [4.69, 9.17) is 9.88 Å². The van der Waals surface area contributed by atoms with E-state index in [-0.39, 0.29) is 18.0 Å². The van der Waals surface area contributed by atoms with E-state index in [0.717, 1.165) is 11.8 Å². The molecule has 2 amide bonds. The summed E-state index contributed by atoms with van der Waals surface area (Å²) in [5.74, 6) is -0.441. The molecule has 0 bridgehead atoms. The predicted octanol–water partition coefficient (Wildman–Crippen LogP) is 3.00. The first-order valence-electron chi connectivity index (χ1n) is 9.73. The Bertz CT molecular complexity index is 1060. The predicted molar refractivity (Wildman–Crippen MR) is 116 cm³/mol. The van der Waals surface area contributed by atoms with E-state index in [1.807, 2.05) is 6.92 Å². The third-order valence-corrected chi connectivity index (χ3v) is 6.41. The van der Waals surface area contributed by atoms with Gasteiger partial charge < -0.3 is 15.4 Å². The van der Waals surface area contributed by atoms with Gasteiger partial charge in [-0.15, -0.1) is 0 Å². The molecule has 1 aliphatic heterocycles. The summed E-state index contributed by atoms with van der Waals surface area (Å²) in [6.45, 7) is 5.54. The SMILES string of the molecule is Cc1ccc(NC(=O)Nc2cc(F)cc(OC3CCCN(S(N)(=O)=O)C3(C)C)c2)cn1. The van der Waals surface area contributed by atoms with E-state index in [2.05, 4.69) is 15.6 Å². The van der Waals surface area contributed by atoms with Crippen molar-refractivity contribution >= 4 is 27.6 Å². The van der Waals surface area contributed by atoms with E-state index < -0.39 is 33.7 Å². The average Bonchev–Trinajstić information content (AvgIpc) is 2.63. The van der Waals surface area contributed by atoms with Gasteiger partial charge in [0, 0.05) is 30.1 Å². The van der Waals surface area contributed by atoms with Gasteiger partial charge in [-0.1, -0.05) is 0 Å². The van der Waals surface area contributed by atoms with Crippen LogP contribution in [0.25, 0.3) is 0 Å². The highest BCUT2D eigenvalue weighted by Crippen LogP contribution is 2.33. The van der Waals surface area contributed by atoms with Gasteiger partial charge in [0.05, 0.1) is 17.4 Å². The van der Waals surface area contributed by atoms with Crippen LogP contribution in [0.5, 0.6) is 5.75 Å². The molecule has 2 aromatic rings. The Morgan fingerprint density at radius 3 is 2.61 bits per heavy atom. The Morgan fingerprint density at radius 1 is 1.26 bits per heavy atom. The molecule has 1 fully saturated rings. The number of nitrogens with one attached hydrogen (secondary N) is 2. The van der Waals surface area contributed by atoms with Crippen molar-refractivity contribution in [3.8, 4) is 5.75 Å². The lowest BCUT2D eigenvalue weighted by molar-refractivity contribution is 0.0176. The Labute approximate surface area is 181 Å². The molecule has 1 atom stereocenters. The van der Waals surface area contributed by atoms with Crippen molar-refractivity contribution in [3.05, 3.63) is 48.0 Å². The van der Waals surface area contributed by atoms with Crippen molar-refractivity contribution in [2.24, 2.45) is 5.14 Å². The number of nitrogens with two attached hydrogens (primary N) is 1. The monoisotopic (exact) mass is 451 g/mol. The third kappa shape index (κ3) is 5.69. The van der Waals surface area contributed by atoms with Crippen molar-refractivity contribution < 1.29 is 22.3 Å². The standard InChI is InChI=1S/C20H26FN5O4S/c1-13-6-7-15(12-23-13)24-19(27)25-16-9-14(21)10-17(11-16)30-18-5-4-8-26(20(18,2)3)31(22,28)29/h6-7,9-12,18H,4-5,8H2,1-3H3,(H2,22,28,29)(H2,24,25,27). The van der Waals surface area contributed by atoms with Crippen molar-refractivity contribution in [3.63, 3.8) is 0 Å². The highest BCUT2D eigenvalue weighted by atomic mass is 32.2. The summed E-state index contributed by atoms with van der Waals surface area (Å²) in [7, 11) is -3.91. The number of urea groups is 1. The number of ether oxygens (including phenoxy) is 1. The molecule has 11 heteroatoms. The van der Waals surface area contributed by atoms with E-state index >= 15 is 0 Å². The maximum atomic E-state index is 14.2. The smallest absolute Gasteiger partial charge is 0.323 e. The van der Waals surface area contributed by atoms with Gasteiger partial charge in [-0.2, -0.15) is 12.7 Å². The van der Waals surface area contributed by atoms with Crippen LogP contribution in [0.1, 0.15) is 32.4 Å². The Hall–Kier alpha value is -2.76. The topological polar surface area (TPSA) is 127 Å². The number of pyridine rings is 1. The van der Waals surface area contributed by atoms with Crippen LogP contribution in [0.15, 0.2) is 36.5 Å². The fourth-order valence-corrected chi connectivity index (χ4v) is 4.74. The van der Waals surface area contributed by atoms with Gasteiger partial charge in [0.2, 0.25) is 0 Å². The second-order valence-electron chi connectivity index (χ2n) is 7.96. The van der Waals surface area contributed by atoms with E-state index in [9.17, 15) is 17.6 Å². The number of hydrogen-bond donors (Lipinski definition) is 3. The summed E-state index contributed by atoms with van der Waals surface area (Å²) in [5.41, 5.74) is 0.554. The zero-order valence-corrected chi connectivity index (χ0v) is 18.4. The molecule has 1 aliphatic rings. The molecule has 3 rings (SSSR count). The number of benzene rings is 1. The largest absolute Gasteiger partial charge is 0.488 e. The van der Waals surface area contributed by atoms with Crippen LogP contribution < -0.4 is 20.5 Å². The van der Waals surface area contributed by atoms with Gasteiger partial charge in [-0.05, 0) is 51.8 Å². The maximum Gasteiger partial charge on any atom is 0.323 e. The first-order valence-corrected chi connectivity index (χ1v) is 11.2. The number of rotatable bonds is 5. The number of carbonyl (C=O) groups excluding carboxylic acids is 1. The van der Waals surface area contributed by atoms with Gasteiger partial charge in [-0.3, -0.25) is 4.98 Å². The van der Waals surface area contributed by atoms with Crippen LogP contribution in [0.2, 0.25) is 0 Å². The number of nitrogens with zero attached hydrogens (tertiary/aromatic N) is 2. The van der Waals surface area contributed by atoms with Crippen molar-refractivity contribution in [1.82, 2.24) is 9.29 Å². The third-order valence-electron chi connectivity index (χ3n) is 5.14. The van der Waals surface area contributed by atoms with Crippen molar-refractivity contribution in [1.29, 1.82) is 0 Å². The van der Waals surface area contributed by atoms with Crippen LogP contribution in [0.4, 0.5) is 20.6 Å². The number of anilines is 2. The van der Waals surface area contributed by atoms with Gasteiger partial charge in [-0.25, -0.2) is 14.3 Å². The molecular formula is C20H26FN5O4S. The summed E-state index contributed by atoms with van der Waals surface area (Å²) in [6.07, 6.45) is 2.08. The fourth-order valence-electron chi connectivity index (χ4n) is 3.58. The fraction of sp³-hybridized carbons (Fsp3) is 0.400. The normalized spacial score (nSPS) is 18.9. The second kappa shape index (κ2) is 8.77. The van der Waals surface area contributed by atoms with Crippen LogP contribution >= 0.6 is 0 Å². The molecule has 31 heavy (non-hydrogen) atoms. The quantitative estimate of drug-likeness (QED) is 0.644. The molecule has 1 aromatic heterocycles. The Balaban J connectivity index is 1.73. The lowest BCUT2D eigenvalue weighted by atomic mass is 9.89. The molecule has 168 valence electrons. The van der Waals surface area contributed by atoms with Crippen molar-refractivity contribution in [2.75, 3.05) is 17.2 Å². The van der Waals surface area contributed by atoms with Gasteiger partial charge in [0.25, 0.3) is 10.2 Å². The molecule has 4 N–H and O–H groups in total. The number of hydrogen-bond acceptors (Lipinski definition) is 5. The van der Waals surface area contributed by atoms with E-state index in [0.29, 0.717) is 18.5 Å². The van der Waals surface area contributed by atoms with Gasteiger partial charge >= 0.3 is 6.03 Å². The lowest BCUT2D eigenvalue weighted by Gasteiger charge is -2.45. The van der Waals surface area contributed by atoms with Crippen LogP contribution in [-0.2, 0) is 10.2 Å². The minimum atomic E-state index is -3.91. The van der Waals surface area contributed by atoms with Crippen LogP contribution in [-0.4, -0.2) is 41.9 Å². The van der Waals surface area contributed by atoms with Crippen molar-refractivity contribution in [2.45, 2.75) is 45.3 Å². The Kier molecular flexibility index (Phi) is 6.48.